The average molecular weight is 351 g/mol. The van der Waals surface area contributed by atoms with Gasteiger partial charge in [0.2, 0.25) is 5.62 Å². The lowest BCUT2D eigenvalue weighted by Gasteiger charge is -2.16. The Bertz CT molecular complexity index is 631. The molecule has 2 unspecified atom stereocenters. The molecule has 0 aromatic carbocycles. The molecule has 1 fully saturated rings. The SMILES string of the molecule is CCCC1CC[C@H](n2ccc(N)nc2=NCCCCC(N)C(=O)O)O1. The van der Waals surface area contributed by atoms with Crippen LogP contribution in [0.3, 0.4) is 0 Å². The van der Waals surface area contributed by atoms with Gasteiger partial charge in [0.25, 0.3) is 0 Å². The molecule has 0 amide bonds. The quantitative estimate of drug-likeness (QED) is 0.577. The van der Waals surface area contributed by atoms with Crippen molar-refractivity contribution >= 4 is 11.8 Å². The molecule has 0 spiro atoms. The van der Waals surface area contributed by atoms with Crippen LogP contribution in [0.1, 0.15) is 58.1 Å². The van der Waals surface area contributed by atoms with Gasteiger partial charge in [-0.15, -0.1) is 0 Å². The van der Waals surface area contributed by atoms with Gasteiger partial charge < -0.3 is 21.3 Å². The number of anilines is 1. The number of hydrogen-bond donors (Lipinski definition) is 3. The van der Waals surface area contributed by atoms with Gasteiger partial charge >= 0.3 is 5.97 Å². The van der Waals surface area contributed by atoms with Crippen molar-refractivity contribution in [1.82, 2.24) is 9.55 Å². The Balaban J connectivity index is 1.97. The lowest BCUT2D eigenvalue weighted by Crippen LogP contribution is -2.30. The minimum Gasteiger partial charge on any atom is -0.480 e. The zero-order valence-corrected chi connectivity index (χ0v) is 14.8. The van der Waals surface area contributed by atoms with Crippen LogP contribution in [0.15, 0.2) is 17.3 Å². The zero-order chi connectivity index (χ0) is 18.2. The van der Waals surface area contributed by atoms with E-state index in [9.17, 15) is 4.79 Å². The molecule has 0 radical (unpaired) electrons. The Morgan fingerprint density at radius 3 is 3.04 bits per heavy atom. The fourth-order valence-corrected chi connectivity index (χ4v) is 2.98. The first-order valence-electron chi connectivity index (χ1n) is 9.00. The normalized spacial score (nSPS) is 22.2. The van der Waals surface area contributed by atoms with E-state index in [4.69, 9.17) is 21.3 Å². The average Bonchev–Trinajstić information content (AvgIpc) is 3.03. The summed E-state index contributed by atoms with van der Waals surface area (Å²) < 4.78 is 8.03. The summed E-state index contributed by atoms with van der Waals surface area (Å²) >= 11 is 0. The lowest BCUT2D eigenvalue weighted by molar-refractivity contribution is -0.138. The second-order valence-electron chi connectivity index (χ2n) is 6.46. The maximum Gasteiger partial charge on any atom is 0.320 e. The van der Waals surface area contributed by atoms with E-state index < -0.39 is 12.0 Å². The van der Waals surface area contributed by atoms with Gasteiger partial charge in [0, 0.05) is 12.7 Å². The maximum absolute atomic E-state index is 10.7. The van der Waals surface area contributed by atoms with Crippen molar-refractivity contribution in [2.75, 3.05) is 12.3 Å². The van der Waals surface area contributed by atoms with Gasteiger partial charge in [-0.1, -0.05) is 13.3 Å². The first-order chi connectivity index (χ1) is 12.0. The number of nitrogen functional groups attached to an aromatic ring is 1. The van der Waals surface area contributed by atoms with Gasteiger partial charge in [0.1, 0.15) is 18.1 Å². The monoisotopic (exact) mass is 351 g/mol. The molecule has 3 atom stereocenters. The Hall–Kier alpha value is -1.93. The third kappa shape index (κ3) is 5.82. The minimum atomic E-state index is -0.965. The fourth-order valence-electron chi connectivity index (χ4n) is 2.98. The van der Waals surface area contributed by atoms with Gasteiger partial charge in [0.05, 0.1) is 6.10 Å². The minimum absolute atomic E-state index is 0.0520. The molecule has 0 bridgehead atoms. The number of nitrogens with zero attached hydrogens (tertiary/aromatic N) is 3. The number of aromatic nitrogens is 2. The summed E-state index contributed by atoms with van der Waals surface area (Å²) in [6.07, 6.45) is 8.18. The van der Waals surface area contributed by atoms with Crippen LogP contribution >= 0.6 is 0 Å². The van der Waals surface area contributed by atoms with Crippen molar-refractivity contribution in [3.63, 3.8) is 0 Å². The summed E-state index contributed by atoms with van der Waals surface area (Å²) in [6, 6.07) is 0.944. The van der Waals surface area contributed by atoms with E-state index in [1.165, 1.54) is 0 Å². The summed E-state index contributed by atoms with van der Waals surface area (Å²) in [5, 5.41) is 8.77. The van der Waals surface area contributed by atoms with Crippen LogP contribution in [0.25, 0.3) is 0 Å². The van der Waals surface area contributed by atoms with Gasteiger partial charge in [-0.3, -0.25) is 14.4 Å². The highest BCUT2D eigenvalue weighted by molar-refractivity contribution is 5.72. The third-order valence-electron chi connectivity index (χ3n) is 4.37. The molecule has 2 rings (SSSR count). The van der Waals surface area contributed by atoms with Gasteiger partial charge in [-0.2, -0.15) is 4.98 Å². The van der Waals surface area contributed by atoms with Crippen LogP contribution < -0.4 is 17.1 Å². The molecule has 25 heavy (non-hydrogen) atoms. The molecule has 2 heterocycles. The number of carboxylic acid groups (broad SMARTS) is 1. The number of nitrogens with two attached hydrogens (primary N) is 2. The summed E-state index contributed by atoms with van der Waals surface area (Å²) in [5.41, 5.74) is 11.9. The van der Waals surface area contributed by atoms with E-state index in [1.54, 1.807) is 6.07 Å². The molecule has 0 saturated carbocycles. The van der Waals surface area contributed by atoms with Crippen LogP contribution in [0, 0.1) is 0 Å². The van der Waals surface area contributed by atoms with Gasteiger partial charge in [0.15, 0.2) is 0 Å². The third-order valence-corrected chi connectivity index (χ3v) is 4.37. The van der Waals surface area contributed by atoms with Crippen LogP contribution in [0.2, 0.25) is 0 Å². The fraction of sp³-hybridized carbons (Fsp3) is 0.706. The summed E-state index contributed by atoms with van der Waals surface area (Å²) in [5.74, 6) is -0.543. The lowest BCUT2D eigenvalue weighted by atomic mass is 10.1. The highest BCUT2D eigenvalue weighted by atomic mass is 16.5. The zero-order valence-electron chi connectivity index (χ0n) is 14.8. The smallest absolute Gasteiger partial charge is 0.320 e. The molecular weight excluding hydrogens is 322 g/mol. The molecule has 5 N–H and O–H groups in total. The molecule has 1 aromatic rings. The van der Waals surface area contributed by atoms with Crippen molar-refractivity contribution < 1.29 is 14.6 Å². The highest BCUT2D eigenvalue weighted by Gasteiger charge is 2.26. The topological polar surface area (TPSA) is 129 Å². The van der Waals surface area contributed by atoms with Crippen molar-refractivity contribution in [3.05, 3.63) is 17.9 Å². The molecular formula is C17H29N5O3. The number of ether oxygens (including phenoxy) is 1. The molecule has 0 aliphatic carbocycles. The maximum atomic E-state index is 10.7. The van der Waals surface area contributed by atoms with E-state index in [-0.39, 0.29) is 6.23 Å². The first-order valence-corrected chi connectivity index (χ1v) is 9.00. The Kier molecular flexibility index (Phi) is 7.39. The standard InChI is InChI=1S/C17H29N5O3/c1-2-5-12-7-8-15(25-12)22-11-9-14(19)21-17(22)20-10-4-3-6-13(18)16(23)24/h9,11-13,15H,2-8,10,18H2,1H3,(H,23,24)(H2,19,20,21)/t12?,13?,15-/m1/s1. The van der Waals surface area contributed by atoms with Gasteiger partial charge in [-0.05, 0) is 44.6 Å². The Morgan fingerprint density at radius 2 is 2.32 bits per heavy atom. The molecule has 8 heteroatoms. The molecule has 8 nitrogen and oxygen atoms in total. The predicted octanol–water partition coefficient (Wildman–Crippen LogP) is 1.43. The largest absolute Gasteiger partial charge is 0.480 e. The number of rotatable bonds is 9. The molecule has 1 aliphatic heterocycles. The summed E-state index contributed by atoms with van der Waals surface area (Å²) in [4.78, 5) is 19.6. The van der Waals surface area contributed by atoms with Crippen molar-refractivity contribution in [3.8, 4) is 0 Å². The molecule has 1 saturated heterocycles. The Labute approximate surface area is 147 Å². The van der Waals surface area contributed by atoms with Crippen LogP contribution in [0.5, 0.6) is 0 Å². The number of hydrogen-bond acceptors (Lipinski definition) is 6. The van der Waals surface area contributed by atoms with Crippen LogP contribution in [0.4, 0.5) is 5.82 Å². The second-order valence-corrected chi connectivity index (χ2v) is 6.46. The van der Waals surface area contributed by atoms with Gasteiger partial charge in [-0.25, -0.2) is 0 Å². The van der Waals surface area contributed by atoms with E-state index in [2.05, 4.69) is 16.9 Å². The van der Waals surface area contributed by atoms with E-state index in [1.807, 2.05) is 10.8 Å². The number of aliphatic carboxylic acids is 1. The van der Waals surface area contributed by atoms with E-state index >= 15 is 0 Å². The van der Waals surface area contributed by atoms with E-state index in [0.717, 1.165) is 32.1 Å². The second kappa shape index (κ2) is 9.53. The number of carboxylic acids is 1. The number of unbranched alkanes of at least 4 members (excludes halogenated alkanes) is 1. The van der Waals surface area contributed by atoms with Crippen LogP contribution in [-0.4, -0.2) is 39.3 Å². The van der Waals surface area contributed by atoms with Crippen molar-refractivity contribution in [2.45, 2.75) is 70.2 Å². The molecule has 1 aromatic heterocycles. The van der Waals surface area contributed by atoms with Crippen molar-refractivity contribution in [2.24, 2.45) is 10.7 Å². The van der Waals surface area contributed by atoms with Crippen LogP contribution in [-0.2, 0) is 9.53 Å². The predicted molar refractivity (Wildman–Crippen MR) is 94.6 cm³/mol. The molecule has 1 aliphatic rings. The number of carbonyl (C=O) groups is 1. The highest BCUT2D eigenvalue weighted by Crippen LogP contribution is 2.29. The van der Waals surface area contributed by atoms with E-state index in [0.29, 0.717) is 36.9 Å². The summed E-state index contributed by atoms with van der Waals surface area (Å²) in [6.45, 7) is 2.71. The first kappa shape index (κ1) is 19.4. The Morgan fingerprint density at radius 1 is 1.52 bits per heavy atom. The molecule has 140 valence electrons. The summed E-state index contributed by atoms with van der Waals surface area (Å²) in [7, 11) is 0. The van der Waals surface area contributed by atoms with Crippen molar-refractivity contribution in [1.29, 1.82) is 0 Å².